The molecule has 0 spiro atoms. The summed E-state index contributed by atoms with van der Waals surface area (Å²) in [5.41, 5.74) is 0.747. The first-order chi connectivity index (χ1) is 7.83. The third-order valence-electron chi connectivity index (χ3n) is 2.75. The lowest BCUT2D eigenvalue weighted by Crippen LogP contribution is -2.15. The zero-order chi connectivity index (χ0) is 11.4. The molecule has 0 radical (unpaired) electrons. The smallest absolute Gasteiger partial charge is 0.170 e. The number of hydrogen-bond acceptors (Lipinski definition) is 3. The van der Waals surface area contributed by atoms with Gasteiger partial charge in [0.2, 0.25) is 0 Å². The maximum atomic E-state index is 12.2. The number of carbonyl (C=O) groups is 1. The molecule has 0 amide bonds. The average molecular weight is 236 g/mol. The van der Waals surface area contributed by atoms with Gasteiger partial charge in [-0.3, -0.25) is 4.79 Å². The number of Topliss-reactive ketones (excluding diaryl/α,β-unsaturated/α-hetero) is 1. The molecule has 2 rings (SSSR count). The van der Waals surface area contributed by atoms with E-state index in [1.54, 1.807) is 0 Å². The zero-order valence-corrected chi connectivity index (χ0v) is 10.3. The van der Waals surface area contributed by atoms with Crippen LogP contribution < -0.4 is 4.74 Å². The Balaban J connectivity index is 2.21. The first-order valence-corrected chi connectivity index (χ1v) is 6.82. The van der Waals surface area contributed by atoms with Gasteiger partial charge in [-0.25, -0.2) is 0 Å². The molecule has 2 nitrogen and oxygen atoms in total. The molecular weight excluding hydrogens is 220 g/mol. The maximum absolute atomic E-state index is 12.2. The second kappa shape index (κ2) is 5.39. The molecule has 0 bridgehead atoms. The van der Waals surface area contributed by atoms with Crippen molar-refractivity contribution in [1.29, 1.82) is 0 Å². The fourth-order valence-corrected chi connectivity index (χ4v) is 3.13. The molecule has 1 aromatic carbocycles. The molecule has 0 aliphatic carbocycles. The van der Waals surface area contributed by atoms with Gasteiger partial charge in [-0.15, -0.1) is 0 Å². The summed E-state index contributed by atoms with van der Waals surface area (Å²) >= 11 is 1.86. The van der Waals surface area contributed by atoms with Crippen molar-refractivity contribution in [2.75, 3.05) is 18.1 Å². The van der Waals surface area contributed by atoms with Crippen molar-refractivity contribution in [2.45, 2.75) is 13.3 Å². The van der Waals surface area contributed by atoms with Gasteiger partial charge in [-0.2, -0.15) is 11.8 Å². The van der Waals surface area contributed by atoms with Crippen molar-refractivity contribution < 1.29 is 9.53 Å². The monoisotopic (exact) mass is 236 g/mol. The Bertz CT molecular complexity index is 370. The van der Waals surface area contributed by atoms with Gasteiger partial charge in [0.05, 0.1) is 12.2 Å². The minimum absolute atomic E-state index is 0.187. The number of rotatable bonds is 4. The molecule has 1 aliphatic rings. The predicted molar refractivity (Wildman–Crippen MR) is 67.4 cm³/mol. The number of para-hydroxylation sites is 1. The van der Waals surface area contributed by atoms with Crippen molar-refractivity contribution >= 4 is 17.5 Å². The molecule has 1 aliphatic heterocycles. The van der Waals surface area contributed by atoms with E-state index in [0.717, 1.165) is 29.2 Å². The summed E-state index contributed by atoms with van der Waals surface area (Å²) in [6.45, 7) is 2.54. The SMILES string of the molecule is CCOc1ccccc1C(=O)C1CCSC1. The zero-order valence-electron chi connectivity index (χ0n) is 9.44. The number of benzene rings is 1. The van der Waals surface area contributed by atoms with Crippen LogP contribution in [0.4, 0.5) is 0 Å². The normalized spacial score (nSPS) is 19.7. The van der Waals surface area contributed by atoms with Crippen LogP contribution in [-0.2, 0) is 0 Å². The summed E-state index contributed by atoms with van der Waals surface area (Å²) in [7, 11) is 0. The molecule has 1 heterocycles. The van der Waals surface area contributed by atoms with E-state index in [2.05, 4.69) is 0 Å². The first kappa shape index (κ1) is 11.5. The van der Waals surface area contributed by atoms with E-state index >= 15 is 0 Å². The average Bonchev–Trinajstić information content (AvgIpc) is 2.83. The molecular formula is C13H16O2S. The Morgan fingerprint density at radius 1 is 1.50 bits per heavy atom. The van der Waals surface area contributed by atoms with Crippen molar-refractivity contribution in [3.05, 3.63) is 29.8 Å². The number of hydrogen-bond donors (Lipinski definition) is 0. The topological polar surface area (TPSA) is 26.3 Å². The lowest BCUT2D eigenvalue weighted by atomic mass is 9.96. The molecule has 86 valence electrons. The number of ether oxygens (including phenoxy) is 1. The Morgan fingerprint density at radius 3 is 3.00 bits per heavy atom. The Hall–Kier alpha value is -0.960. The molecule has 1 unspecified atom stereocenters. The van der Waals surface area contributed by atoms with Crippen molar-refractivity contribution in [2.24, 2.45) is 5.92 Å². The maximum Gasteiger partial charge on any atom is 0.170 e. The van der Waals surface area contributed by atoms with Gasteiger partial charge in [0, 0.05) is 11.7 Å². The van der Waals surface area contributed by atoms with Crippen molar-refractivity contribution in [3.8, 4) is 5.75 Å². The highest BCUT2D eigenvalue weighted by Crippen LogP contribution is 2.29. The highest BCUT2D eigenvalue weighted by molar-refractivity contribution is 7.99. The molecule has 3 heteroatoms. The van der Waals surface area contributed by atoms with E-state index in [1.165, 1.54) is 0 Å². The molecule has 16 heavy (non-hydrogen) atoms. The lowest BCUT2D eigenvalue weighted by Gasteiger charge is -2.12. The van der Waals surface area contributed by atoms with E-state index in [1.807, 2.05) is 43.0 Å². The minimum Gasteiger partial charge on any atom is -0.493 e. The standard InChI is InChI=1S/C13H16O2S/c1-2-15-12-6-4-3-5-11(12)13(14)10-7-8-16-9-10/h3-6,10H,2,7-9H2,1H3. The van der Waals surface area contributed by atoms with Crippen LogP contribution in [0.1, 0.15) is 23.7 Å². The summed E-state index contributed by atoms with van der Waals surface area (Å²) in [5.74, 6) is 3.22. The van der Waals surface area contributed by atoms with E-state index in [0.29, 0.717) is 6.61 Å². The minimum atomic E-state index is 0.187. The van der Waals surface area contributed by atoms with E-state index in [4.69, 9.17) is 4.74 Å². The van der Waals surface area contributed by atoms with E-state index in [-0.39, 0.29) is 11.7 Å². The molecule has 1 saturated heterocycles. The van der Waals surface area contributed by atoms with Gasteiger partial charge in [0.25, 0.3) is 0 Å². The largest absolute Gasteiger partial charge is 0.493 e. The van der Waals surface area contributed by atoms with Crippen molar-refractivity contribution in [1.82, 2.24) is 0 Å². The van der Waals surface area contributed by atoms with Gasteiger partial charge in [-0.05, 0) is 31.2 Å². The van der Waals surface area contributed by atoms with E-state index in [9.17, 15) is 4.79 Å². The Kier molecular flexibility index (Phi) is 3.88. The molecule has 0 saturated carbocycles. The van der Waals surface area contributed by atoms with Crippen LogP contribution in [0, 0.1) is 5.92 Å². The summed E-state index contributed by atoms with van der Waals surface area (Å²) in [4.78, 5) is 12.2. The van der Waals surface area contributed by atoms with Gasteiger partial charge in [-0.1, -0.05) is 12.1 Å². The van der Waals surface area contributed by atoms with Crippen LogP contribution in [-0.4, -0.2) is 23.9 Å². The number of thioether (sulfide) groups is 1. The van der Waals surface area contributed by atoms with Crippen LogP contribution in [0.2, 0.25) is 0 Å². The van der Waals surface area contributed by atoms with Crippen LogP contribution in [0.15, 0.2) is 24.3 Å². The van der Waals surface area contributed by atoms with Gasteiger partial charge in [0.1, 0.15) is 5.75 Å². The number of ketones is 1. The quantitative estimate of drug-likeness (QED) is 0.752. The summed E-state index contributed by atoms with van der Waals surface area (Å²) in [5, 5.41) is 0. The predicted octanol–water partition coefficient (Wildman–Crippen LogP) is 3.02. The fourth-order valence-electron chi connectivity index (χ4n) is 1.91. The molecule has 1 aromatic rings. The van der Waals surface area contributed by atoms with Gasteiger partial charge < -0.3 is 4.74 Å². The van der Waals surface area contributed by atoms with Crippen LogP contribution >= 0.6 is 11.8 Å². The lowest BCUT2D eigenvalue weighted by molar-refractivity contribution is 0.0930. The second-order valence-electron chi connectivity index (χ2n) is 3.85. The second-order valence-corrected chi connectivity index (χ2v) is 5.00. The number of carbonyl (C=O) groups excluding carboxylic acids is 1. The third kappa shape index (κ3) is 2.40. The summed E-state index contributed by atoms with van der Waals surface area (Å²) < 4.78 is 5.49. The van der Waals surface area contributed by atoms with Crippen LogP contribution in [0.25, 0.3) is 0 Å². The third-order valence-corrected chi connectivity index (χ3v) is 3.92. The highest BCUT2D eigenvalue weighted by Gasteiger charge is 2.26. The van der Waals surface area contributed by atoms with E-state index < -0.39 is 0 Å². The Morgan fingerprint density at radius 2 is 2.31 bits per heavy atom. The van der Waals surface area contributed by atoms with Crippen molar-refractivity contribution in [3.63, 3.8) is 0 Å². The fraction of sp³-hybridized carbons (Fsp3) is 0.462. The van der Waals surface area contributed by atoms with Crippen LogP contribution in [0.3, 0.4) is 0 Å². The summed E-state index contributed by atoms with van der Waals surface area (Å²) in [6, 6.07) is 7.55. The highest BCUT2D eigenvalue weighted by atomic mass is 32.2. The van der Waals surface area contributed by atoms with Crippen LogP contribution in [0.5, 0.6) is 5.75 Å². The molecule has 1 atom stereocenters. The summed E-state index contributed by atoms with van der Waals surface area (Å²) in [6.07, 6.45) is 1.00. The Labute approximate surface area is 100 Å². The van der Waals surface area contributed by atoms with Gasteiger partial charge >= 0.3 is 0 Å². The first-order valence-electron chi connectivity index (χ1n) is 5.66. The molecule has 1 fully saturated rings. The molecule has 0 N–H and O–H groups in total. The van der Waals surface area contributed by atoms with Gasteiger partial charge in [0.15, 0.2) is 5.78 Å². The molecule has 0 aromatic heterocycles.